The molecule has 0 spiro atoms. The molecule has 2 bridgehead atoms. The normalized spacial score (nSPS) is 24.9. The van der Waals surface area contributed by atoms with Gasteiger partial charge < -0.3 is 4.74 Å². The largest absolute Gasteiger partial charge is 0.497 e. The van der Waals surface area contributed by atoms with E-state index >= 15 is 0 Å². The zero-order valence-corrected chi connectivity index (χ0v) is 21.2. The fourth-order valence-corrected chi connectivity index (χ4v) is 6.92. The van der Waals surface area contributed by atoms with Gasteiger partial charge in [0.1, 0.15) is 5.75 Å². The highest BCUT2D eigenvalue weighted by molar-refractivity contribution is 6.25. The second kappa shape index (κ2) is 8.25. The monoisotopic (exact) mass is 498 g/mol. The van der Waals surface area contributed by atoms with Gasteiger partial charge in [0, 0.05) is 12.1 Å². The van der Waals surface area contributed by atoms with Gasteiger partial charge in [0.15, 0.2) is 0 Å². The van der Waals surface area contributed by atoms with Gasteiger partial charge in [-0.25, -0.2) is 4.90 Å². The molecule has 2 atom stereocenters. The molecule has 1 fully saturated rings. The van der Waals surface area contributed by atoms with Crippen LogP contribution in [0.5, 0.6) is 5.75 Å². The number of nitrogens with zero attached hydrogens (tertiary/aromatic N) is 2. The Bertz CT molecular complexity index is 1590. The lowest BCUT2D eigenvalue weighted by atomic mass is 9.47. The molecule has 38 heavy (non-hydrogen) atoms. The van der Waals surface area contributed by atoms with E-state index in [1.807, 2.05) is 61.7 Å². The quantitative estimate of drug-likeness (QED) is 0.258. The van der Waals surface area contributed by atoms with Gasteiger partial charge >= 0.3 is 0 Å². The number of aliphatic imine (C=N–C) groups is 1. The summed E-state index contributed by atoms with van der Waals surface area (Å²) in [6.45, 7) is 2.03. The first-order valence-corrected chi connectivity index (χ1v) is 12.9. The summed E-state index contributed by atoms with van der Waals surface area (Å²) in [6.07, 6.45) is 1.95. The van der Waals surface area contributed by atoms with Gasteiger partial charge in [0.05, 0.1) is 35.7 Å². The van der Waals surface area contributed by atoms with Crippen molar-refractivity contribution >= 4 is 29.4 Å². The molecule has 4 aliphatic rings. The zero-order valence-electron chi connectivity index (χ0n) is 21.2. The first kappa shape index (κ1) is 22.7. The fraction of sp³-hybridized carbons (Fsp3) is 0.182. The van der Waals surface area contributed by atoms with Crippen molar-refractivity contribution < 1.29 is 14.3 Å². The highest BCUT2D eigenvalue weighted by Gasteiger charge is 2.67. The van der Waals surface area contributed by atoms with Gasteiger partial charge in [-0.15, -0.1) is 0 Å². The Morgan fingerprint density at radius 2 is 1.39 bits per heavy atom. The van der Waals surface area contributed by atoms with E-state index in [1.54, 1.807) is 31.4 Å². The van der Waals surface area contributed by atoms with Crippen LogP contribution in [-0.4, -0.2) is 25.1 Å². The number of aryl methyl sites for hydroxylation is 1. The third kappa shape index (κ3) is 2.90. The van der Waals surface area contributed by atoms with Gasteiger partial charge in [-0.1, -0.05) is 66.7 Å². The van der Waals surface area contributed by atoms with Crippen LogP contribution in [0.25, 0.3) is 0 Å². The van der Waals surface area contributed by atoms with E-state index in [-0.39, 0.29) is 17.7 Å². The standard InChI is InChI=1S/C33H26N2O3/c1-20-9-3-8-14-27(20)34-19-33-25-12-6-4-10-23(25)28(24-11-5-7-13-26(24)33)29-30(33)32(37)35(31(29)36)21-15-17-22(38-2)18-16-21/h3-19,28-30H,1-2H3/t28?,29-,30+,33?/m1/s1. The van der Waals surface area contributed by atoms with Crippen molar-refractivity contribution in [1.29, 1.82) is 0 Å². The number of methoxy groups -OCH3 is 1. The Balaban J connectivity index is 1.49. The van der Waals surface area contributed by atoms with Crippen molar-refractivity contribution in [2.24, 2.45) is 16.8 Å². The molecule has 1 aliphatic heterocycles. The molecule has 3 aliphatic carbocycles. The summed E-state index contributed by atoms with van der Waals surface area (Å²) in [7, 11) is 1.60. The summed E-state index contributed by atoms with van der Waals surface area (Å²) in [5.74, 6) is -0.978. The molecule has 0 radical (unpaired) electrons. The fourth-order valence-electron chi connectivity index (χ4n) is 6.92. The Morgan fingerprint density at radius 3 is 2.03 bits per heavy atom. The molecular formula is C33H26N2O3. The molecule has 0 N–H and O–H groups in total. The Hall–Kier alpha value is -4.51. The van der Waals surface area contributed by atoms with E-state index in [0.717, 1.165) is 33.5 Å². The summed E-state index contributed by atoms with van der Waals surface area (Å²) < 4.78 is 5.30. The van der Waals surface area contributed by atoms with Gasteiger partial charge in [0.2, 0.25) is 11.8 Å². The molecule has 0 saturated carbocycles. The number of carbonyl (C=O) groups is 2. The van der Waals surface area contributed by atoms with E-state index in [4.69, 9.17) is 9.73 Å². The lowest BCUT2D eigenvalue weighted by Crippen LogP contribution is -2.54. The van der Waals surface area contributed by atoms with Crippen LogP contribution in [-0.2, 0) is 15.0 Å². The molecule has 4 aromatic carbocycles. The van der Waals surface area contributed by atoms with Gasteiger partial charge in [-0.3, -0.25) is 14.6 Å². The lowest BCUT2D eigenvalue weighted by molar-refractivity contribution is -0.122. The number of hydrogen-bond acceptors (Lipinski definition) is 4. The van der Waals surface area contributed by atoms with Gasteiger partial charge in [-0.2, -0.15) is 0 Å². The second-order valence-electron chi connectivity index (χ2n) is 10.3. The number of hydrogen-bond donors (Lipinski definition) is 0. The zero-order chi connectivity index (χ0) is 26.0. The number of carbonyl (C=O) groups excluding carboxylic acids is 2. The van der Waals surface area contributed by atoms with E-state index in [2.05, 4.69) is 24.3 Å². The van der Waals surface area contributed by atoms with E-state index in [9.17, 15) is 9.59 Å². The van der Waals surface area contributed by atoms with E-state index in [1.165, 1.54) is 4.90 Å². The van der Waals surface area contributed by atoms with Crippen LogP contribution in [0.15, 0.2) is 102 Å². The van der Waals surface area contributed by atoms with Gasteiger partial charge in [0.25, 0.3) is 0 Å². The molecule has 1 heterocycles. The molecule has 5 nitrogen and oxygen atoms in total. The summed E-state index contributed by atoms with van der Waals surface area (Å²) in [5.41, 5.74) is 5.90. The first-order valence-electron chi connectivity index (χ1n) is 12.9. The Kier molecular flexibility index (Phi) is 4.92. The number of para-hydroxylation sites is 1. The molecule has 0 unspecified atom stereocenters. The number of benzene rings is 4. The van der Waals surface area contributed by atoms with Crippen molar-refractivity contribution in [2.75, 3.05) is 12.0 Å². The molecule has 5 heteroatoms. The summed E-state index contributed by atoms with van der Waals surface area (Å²) in [6, 6.07) is 31.6. The van der Waals surface area contributed by atoms with Crippen LogP contribution in [0.1, 0.15) is 33.7 Å². The average molecular weight is 499 g/mol. The molecule has 1 saturated heterocycles. The van der Waals surface area contributed by atoms with Crippen molar-refractivity contribution in [3.8, 4) is 5.75 Å². The number of rotatable bonds is 4. The first-order chi connectivity index (χ1) is 18.6. The molecule has 8 rings (SSSR count). The summed E-state index contributed by atoms with van der Waals surface area (Å²) >= 11 is 0. The maximum Gasteiger partial charge on any atom is 0.239 e. The van der Waals surface area contributed by atoms with E-state index < -0.39 is 17.3 Å². The minimum Gasteiger partial charge on any atom is -0.497 e. The number of imide groups is 1. The van der Waals surface area contributed by atoms with Crippen molar-refractivity contribution in [1.82, 2.24) is 0 Å². The SMILES string of the molecule is COc1ccc(N2C(=O)[C@@H]3C4c5ccccc5C(C=Nc5ccccc5C)(c5ccccc54)[C@@H]3C2=O)cc1. The average Bonchev–Trinajstić information content (AvgIpc) is 3.23. The summed E-state index contributed by atoms with van der Waals surface area (Å²) in [5, 5.41) is 0. The number of amides is 2. The van der Waals surface area contributed by atoms with Crippen LogP contribution in [0, 0.1) is 18.8 Å². The van der Waals surface area contributed by atoms with Crippen molar-refractivity contribution in [3.63, 3.8) is 0 Å². The Morgan fingerprint density at radius 1 is 0.789 bits per heavy atom. The molecular weight excluding hydrogens is 472 g/mol. The Labute approximate surface area is 221 Å². The van der Waals surface area contributed by atoms with Crippen LogP contribution in [0.3, 0.4) is 0 Å². The molecule has 2 amide bonds. The molecule has 186 valence electrons. The van der Waals surface area contributed by atoms with E-state index in [0.29, 0.717) is 11.4 Å². The molecule has 0 aromatic heterocycles. The van der Waals surface area contributed by atoms with Crippen LogP contribution >= 0.6 is 0 Å². The highest BCUT2D eigenvalue weighted by atomic mass is 16.5. The summed E-state index contributed by atoms with van der Waals surface area (Å²) in [4.78, 5) is 35.0. The minimum atomic E-state index is -0.872. The van der Waals surface area contributed by atoms with Crippen LogP contribution < -0.4 is 9.64 Å². The number of anilines is 1. The third-order valence-corrected chi connectivity index (χ3v) is 8.54. The highest BCUT2D eigenvalue weighted by Crippen LogP contribution is 2.63. The maximum atomic E-state index is 14.4. The predicted molar refractivity (Wildman–Crippen MR) is 147 cm³/mol. The van der Waals surface area contributed by atoms with Crippen molar-refractivity contribution in [2.45, 2.75) is 18.3 Å². The minimum absolute atomic E-state index is 0.159. The second-order valence-corrected chi connectivity index (χ2v) is 10.3. The van der Waals surface area contributed by atoms with Crippen LogP contribution in [0.4, 0.5) is 11.4 Å². The topological polar surface area (TPSA) is 59.0 Å². The lowest BCUT2D eigenvalue weighted by Gasteiger charge is -2.52. The van der Waals surface area contributed by atoms with Crippen molar-refractivity contribution in [3.05, 3.63) is 125 Å². The predicted octanol–water partition coefficient (Wildman–Crippen LogP) is 5.96. The third-order valence-electron chi connectivity index (χ3n) is 8.54. The smallest absolute Gasteiger partial charge is 0.239 e. The maximum absolute atomic E-state index is 14.4. The molecule has 4 aromatic rings. The van der Waals surface area contributed by atoms with Gasteiger partial charge in [-0.05, 0) is 65.1 Å². The number of ether oxygens (including phenoxy) is 1. The van der Waals surface area contributed by atoms with Crippen LogP contribution in [0.2, 0.25) is 0 Å².